The first-order valence-electron chi connectivity index (χ1n) is 9.10. The number of halogens is 2. The molecule has 0 amide bonds. The Hall–Kier alpha value is -3.52. The van der Waals surface area contributed by atoms with Crippen LogP contribution in [0.15, 0.2) is 47.0 Å². The first kappa shape index (κ1) is 19.8. The third-order valence-electron chi connectivity index (χ3n) is 4.36. The summed E-state index contributed by atoms with van der Waals surface area (Å²) in [5, 5.41) is 8.12. The topological polar surface area (TPSA) is 90.1 Å². The van der Waals surface area contributed by atoms with E-state index in [9.17, 15) is 9.18 Å². The number of hydrogen-bond acceptors (Lipinski definition) is 7. The van der Waals surface area contributed by atoms with Gasteiger partial charge in [0.2, 0.25) is 5.82 Å². The number of carbonyl (C=O) groups is 1. The summed E-state index contributed by atoms with van der Waals surface area (Å²) in [6, 6.07) is 11.4. The predicted octanol–water partition coefficient (Wildman–Crippen LogP) is 5.31. The summed E-state index contributed by atoms with van der Waals surface area (Å²) >= 11 is 6.34. The van der Waals surface area contributed by atoms with Crippen molar-refractivity contribution in [2.24, 2.45) is 0 Å². The molecular formula is C21H16ClFN4O3. The van der Waals surface area contributed by atoms with E-state index in [2.05, 4.69) is 20.4 Å². The van der Waals surface area contributed by atoms with Crippen LogP contribution in [0.5, 0.6) is 0 Å². The number of benzene rings is 2. The average Bonchev–Trinajstić information content (AvgIpc) is 3.14. The van der Waals surface area contributed by atoms with Crippen LogP contribution in [-0.2, 0) is 4.74 Å². The number of aryl methyl sites for hydroxylation is 1. The molecule has 4 aromatic rings. The molecule has 0 spiro atoms. The molecule has 0 aliphatic carbocycles. The number of hydrogen-bond donors (Lipinski definition) is 1. The van der Waals surface area contributed by atoms with Crippen LogP contribution in [0.1, 0.15) is 23.1 Å². The Kier molecular flexibility index (Phi) is 5.33. The van der Waals surface area contributed by atoms with E-state index >= 15 is 0 Å². The SMILES string of the molecule is CCOC(=O)c1nc(Nc2ccc(F)cc2C)c2c(-c3ccccc3Cl)noc2n1. The first-order chi connectivity index (χ1) is 14.5. The van der Waals surface area contributed by atoms with E-state index in [0.29, 0.717) is 32.9 Å². The Balaban J connectivity index is 1.92. The van der Waals surface area contributed by atoms with Crippen LogP contribution >= 0.6 is 11.6 Å². The van der Waals surface area contributed by atoms with Crippen molar-refractivity contribution in [1.29, 1.82) is 0 Å². The van der Waals surface area contributed by atoms with Crippen LogP contribution < -0.4 is 5.32 Å². The van der Waals surface area contributed by atoms with Crippen molar-refractivity contribution in [3.8, 4) is 11.3 Å². The molecule has 7 nitrogen and oxygen atoms in total. The molecule has 1 N–H and O–H groups in total. The van der Waals surface area contributed by atoms with Crippen molar-refractivity contribution in [2.45, 2.75) is 13.8 Å². The third-order valence-corrected chi connectivity index (χ3v) is 4.69. The molecule has 0 aliphatic heterocycles. The molecule has 2 aromatic heterocycles. The lowest BCUT2D eigenvalue weighted by atomic mass is 10.1. The maximum absolute atomic E-state index is 13.5. The minimum atomic E-state index is -0.700. The Bertz CT molecular complexity index is 1260. The fourth-order valence-electron chi connectivity index (χ4n) is 2.96. The van der Waals surface area contributed by atoms with Crippen molar-refractivity contribution in [1.82, 2.24) is 15.1 Å². The smallest absolute Gasteiger partial charge is 0.376 e. The molecule has 2 aromatic carbocycles. The van der Waals surface area contributed by atoms with Gasteiger partial charge in [-0.15, -0.1) is 0 Å². The van der Waals surface area contributed by atoms with Crippen molar-refractivity contribution >= 4 is 40.2 Å². The van der Waals surface area contributed by atoms with Gasteiger partial charge in [-0.3, -0.25) is 0 Å². The monoisotopic (exact) mass is 426 g/mol. The molecular weight excluding hydrogens is 411 g/mol. The van der Waals surface area contributed by atoms with Gasteiger partial charge in [0.25, 0.3) is 5.71 Å². The fraction of sp³-hybridized carbons (Fsp3) is 0.143. The average molecular weight is 427 g/mol. The molecule has 0 saturated heterocycles. The lowest BCUT2D eigenvalue weighted by Gasteiger charge is -2.11. The summed E-state index contributed by atoms with van der Waals surface area (Å²) in [7, 11) is 0. The second kappa shape index (κ2) is 8.08. The summed E-state index contributed by atoms with van der Waals surface area (Å²) < 4.78 is 23.9. The molecule has 0 unspecified atom stereocenters. The molecule has 0 atom stereocenters. The highest BCUT2D eigenvalue weighted by molar-refractivity contribution is 6.33. The van der Waals surface area contributed by atoms with E-state index in [1.807, 2.05) is 6.07 Å². The van der Waals surface area contributed by atoms with Crippen LogP contribution in [0.2, 0.25) is 5.02 Å². The van der Waals surface area contributed by atoms with E-state index in [0.717, 1.165) is 0 Å². The van der Waals surface area contributed by atoms with Crippen molar-refractivity contribution < 1.29 is 18.4 Å². The van der Waals surface area contributed by atoms with Gasteiger partial charge in [-0.25, -0.2) is 14.2 Å². The molecule has 2 heterocycles. The van der Waals surface area contributed by atoms with E-state index < -0.39 is 5.97 Å². The zero-order chi connectivity index (χ0) is 21.3. The molecule has 0 fully saturated rings. The van der Waals surface area contributed by atoms with Crippen LogP contribution in [0.4, 0.5) is 15.9 Å². The van der Waals surface area contributed by atoms with Crippen molar-refractivity contribution in [2.75, 3.05) is 11.9 Å². The number of anilines is 2. The van der Waals surface area contributed by atoms with Crippen LogP contribution in [-0.4, -0.2) is 27.7 Å². The maximum atomic E-state index is 13.5. The van der Waals surface area contributed by atoms with Gasteiger partial charge in [-0.1, -0.05) is 35.0 Å². The first-order valence-corrected chi connectivity index (χ1v) is 9.48. The zero-order valence-corrected chi connectivity index (χ0v) is 16.8. The van der Waals surface area contributed by atoms with Gasteiger partial charge in [0, 0.05) is 11.3 Å². The summed E-state index contributed by atoms with van der Waals surface area (Å²) in [6.45, 7) is 3.60. The molecule has 152 valence electrons. The molecule has 4 rings (SSSR count). The second-order valence-electron chi connectivity index (χ2n) is 6.39. The summed E-state index contributed by atoms with van der Waals surface area (Å²) in [4.78, 5) is 20.7. The van der Waals surface area contributed by atoms with Gasteiger partial charge >= 0.3 is 5.97 Å². The zero-order valence-electron chi connectivity index (χ0n) is 16.1. The second-order valence-corrected chi connectivity index (χ2v) is 6.80. The van der Waals surface area contributed by atoms with Gasteiger partial charge in [0.15, 0.2) is 0 Å². The van der Waals surface area contributed by atoms with E-state index in [1.165, 1.54) is 12.1 Å². The Labute approximate surface area is 175 Å². The maximum Gasteiger partial charge on any atom is 0.376 e. The van der Waals surface area contributed by atoms with Gasteiger partial charge in [-0.2, -0.15) is 4.98 Å². The number of nitrogens with zero attached hydrogens (tertiary/aromatic N) is 3. The predicted molar refractivity (Wildman–Crippen MR) is 110 cm³/mol. The van der Waals surface area contributed by atoms with Gasteiger partial charge in [-0.05, 0) is 43.7 Å². The highest BCUT2D eigenvalue weighted by Gasteiger charge is 2.23. The highest BCUT2D eigenvalue weighted by atomic mass is 35.5. The van der Waals surface area contributed by atoms with E-state index in [4.69, 9.17) is 20.9 Å². The number of carbonyl (C=O) groups excluding carboxylic acids is 1. The minimum Gasteiger partial charge on any atom is -0.460 e. The summed E-state index contributed by atoms with van der Waals surface area (Å²) in [5.41, 5.74) is 2.36. The Morgan fingerprint density at radius 2 is 2.03 bits per heavy atom. The lowest BCUT2D eigenvalue weighted by molar-refractivity contribution is 0.0512. The number of fused-ring (bicyclic) bond motifs is 1. The number of rotatable bonds is 5. The largest absolute Gasteiger partial charge is 0.460 e. The third kappa shape index (κ3) is 3.69. The summed E-state index contributed by atoms with van der Waals surface area (Å²) in [5.74, 6) is -0.990. The molecule has 0 radical (unpaired) electrons. The highest BCUT2D eigenvalue weighted by Crippen LogP contribution is 2.36. The standard InChI is InChI=1S/C21H16ClFN4O3/c1-3-29-21(28)19-25-18(24-15-9-8-12(23)10-11(15)2)16-17(27-30-20(16)26-19)13-6-4-5-7-14(13)22/h4-10H,3H2,1-2H3,(H,24,25,26). The van der Waals surface area contributed by atoms with Crippen LogP contribution in [0.25, 0.3) is 22.4 Å². The Morgan fingerprint density at radius 3 is 2.77 bits per heavy atom. The molecule has 9 heteroatoms. The van der Waals surface area contributed by atoms with Crippen molar-refractivity contribution in [3.05, 3.63) is 64.7 Å². The number of esters is 1. The van der Waals surface area contributed by atoms with Crippen LogP contribution in [0.3, 0.4) is 0 Å². The van der Waals surface area contributed by atoms with E-state index in [-0.39, 0.29) is 29.8 Å². The minimum absolute atomic E-state index is 0.0882. The van der Waals surface area contributed by atoms with Gasteiger partial charge in [0.05, 0.1) is 11.6 Å². The van der Waals surface area contributed by atoms with Gasteiger partial charge < -0.3 is 14.6 Å². The number of aromatic nitrogens is 3. The molecule has 0 saturated carbocycles. The Morgan fingerprint density at radius 1 is 1.23 bits per heavy atom. The van der Waals surface area contributed by atoms with E-state index in [1.54, 1.807) is 38.1 Å². The number of ether oxygens (including phenoxy) is 1. The summed E-state index contributed by atoms with van der Waals surface area (Å²) in [6.07, 6.45) is 0. The fourth-order valence-corrected chi connectivity index (χ4v) is 3.19. The molecule has 30 heavy (non-hydrogen) atoms. The molecule has 0 aliphatic rings. The van der Waals surface area contributed by atoms with Crippen molar-refractivity contribution in [3.63, 3.8) is 0 Å². The number of nitrogens with one attached hydrogen (secondary N) is 1. The lowest BCUT2D eigenvalue weighted by Crippen LogP contribution is -2.11. The van der Waals surface area contributed by atoms with Gasteiger partial charge in [0.1, 0.15) is 22.7 Å². The quantitative estimate of drug-likeness (QED) is 0.432. The van der Waals surface area contributed by atoms with Crippen LogP contribution in [0, 0.1) is 12.7 Å². The normalized spacial score (nSPS) is 10.9. The molecule has 0 bridgehead atoms.